The van der Waals surface area contributed by atoms with Gasteiger partial charge in [-0.3, -0.25) is 0 Å². The summed E-state index contributed by atoms with van der Waals surface area (Å²) in [5, 5.41) is 0. The molecular weight excluding hydrogens is 176 g/mol. The van der Waals surface area contributed by atoms with Gasteiger partial charge in [0, 0.05) is 5.92 Å². The first-order chi connectivity index (χ1) is 6.77. The van der Waals surface area contributed by atoms with Gasteiger partial charge in [0.15, 0.2) is 0 Å². The van der Waals surface area contributed by atoms with Gasteiger partial charge in [0.25, 0.3) is 6.02 Å². The lowest BCUT2D eigenvalue weighted by molar-refractivity contribution is 0.194. The van der Waals surface area contributed by atoms with Crippen molar-refractivity contribution in [2.24, 2.45) is 10.7 Å². The van der Waals surface area contributed by atoms with Crippen LogP contribution in [0.5, 0.6) is 0 Å². The Balaban J connectivity index is 2.07. The molecular formula is C11H14N2O. The van der Waals surface area contributed by atoms with Crippen molar-refractivity contribution in [1.29, 1.82) is 0 Å². The van der Waals surface area contributed by atoms with Crippen LogP contribution < -0.4 is 5.73 Å². The third-order valence-electron chi connectivity index (χ3n) is 2.58. The first kappa shape index (κ1) is 9.06. The highest BCUT2D eigenvalue weighted by Crippen LogP contribution is 2.23. The highest BCUT2D eigenvalue weighted by molar-refractivity contribution is 5.73. The lowest BCUT2D eigenvalue weighted by Crippen LogP contribution is -2.23. The average Bonchev–Trinajstić information content (AvgIpc) is 2.65. The zero-order valence-corrected chi connectivity index (χ0v) is 8.18. The Morgan fingerprint density at radius 1 is 1.43 bits per heavy atom. The molecule has 3 heteroatoms. The Hall–Kier alpha value is -1.51. The molecule has 0 bridgehead atoms. The maximum Gasteiger partial charge on any atom is 0.282 e. The Kier molecular flexibility index (Phi) is 2.39. The van der Waals surface area contributed by atoms with Crippen molar-refractivity contribution in [2.45, 2.75) is 18.9 Å². The highest BCUT2D eigenvalue weighted by Gasteiger charge is 2.25. The minimum atomic E-state index is 0.0948. The largest absolute Gasteiger partial charge is 0.460 e. The SMILES string of the molecule is CC(c1ccccc1)C1CN=C(N)O1. The number of hydrogen-bond acceptors (Lipinski definition) is 3. The summed E-state index contributed by atoms with van der Waals surface area (Å²) in [5.74, 6) is 0.334. The van der Waals surface area contributed by atoms with Crippen LogP contribution in [0.25, 0.3) is 0 Å². The van der Waals surface area contributed by atoms with Crippen LogP contribution in [0.4, 0.5) is 0 Å². The number of nitrogens with zero attached hydrogens (tertiary/aromatic N) is 1. The van der Waals surface area contributed by atoms with Crippen LogP contribution in [0.15, 0.2) is 35.3 Å². The van der Waals surface area contributed by atoms with Gasteiger partial charge in [0.1, 0.15) is 6.10 Å². The molecule has 74 valence electrons. The molecule has 2 atom stereocenters. The second-order valence-electron chi connectivity index (χ2n) is 3.53. The third kappa shape index (κ3) is 1.71. The van der Waals surface area contributed by atoms with Gasteiger partial charge in [-0.25, -0.2) is 4.99 Å². The summed E-state index contributed by atoms with van der Waals surface area (Å²) in [7, 11) is 0. The van der Waals surface area contributed by atoms with Crippen LogP contribution in [0.3, 0.4) is 0 Å². The van der Waals surface area contributed by atoms with E-state index in [1.54, 1.807) is 0 Å². The summed E-state index contributed by atoms with van der Waals surface area (Å²) < 4.78 is 5.41. The number of rotatable bonds is 2. The van der Waals surface area contributed by atoms with Crippen molar-refractivity contribution >= 4 is 6.02 Å². The summed E-state index contributed by atoms with van der Waals surface area (Å²) in [5.41, 5.74) is 6.73. The van der Waals surface area contributed by atoms with E-state index in [2.05, 4.69) is 24.0 Å². The number of ether oxygens (including phenoxy) is 1. The van der Waals surface area contributed by atoms with Crippen LogP contribution in [0, 0.1) is 0 Å². The molecule has 1 aromatic carbocycles. The van der Waals surface area contributed by atoms with Gasteiger partial charge in [-0.2, -0.15) is 0 Å². The Labute approximate surface area is 83.6 Å². The molecule has 1 aliphatic heterocycles. The molecule has 0 spiro atoms. The monoisotopic (exact) mass is 190 g/mol. The second kappa shape index (κ2) is 3.70. The second-order valence-corrected chi connectivity index (χ2v) is 3.53. The van der Waals surface area contributed by atoms with Crippen molar-refractivity contribution in [2.75, 3.05) is 6.54 Å². The molecule has 0 fully saturated rings. The van der Waals surface area contributed by atoms with E-state index in [1.165, 1.54) is 5.56 Å². The number of benzene rings is 1. The Morgan fingerprint density at radius 2 is 2.14 bits per heavy atom. The summed E-state index contributed by atoms with van der Waals surface area (Å²) >= 11 is 0. The first-order valence-electron chi connectivity index (χ1n) is 4.79. The highest BCUT2D eigenvalue weighted by atomic mass is 16.5. The van der Waals surface area contributed by atoms with E-state index in [9.17, 15) is 0 Å². The molecule has 2 N–H and O–H groups in total. The predicted molar refractivity (Wildman–Crippen MR) is 56.2 cm³/mol. The summed E-state index contributed by atoms with van der Waals surface area (Å²) in [6.45, 7) is 2.80. The Morgan fingerprint density at radius 3 is 2.71 bits per heavy atom. The van der Waals surface area contributed by atoms with Crippen LogP contribution in [-0.4, -0.2) is 18.7 Å². The molecule has 3 nitrogen and oxygen atoms in total. The van der Waals surface area contributed by atoms with Gasteiger partial charge in [-0.05, 0) is 5.56 Å². The van der Waals surface area contributed by atoms with E-state index in [4.69, 9.17) is 10.5 Å². The van der Waals surface area contributed by atoms with E-state index >= 15 is 0 Å². The van der Waals surface area contributed by atoms with Gasteiger partial charge in [0.05, 0.1) is 6.54 Å². The van der Waals surface area contributed by atoms with Crippen molar-refractivity contribution < 1.29 is 4.74 Å². The lowest BCUT2D eigenvalue weighted by Gasteiger charge is -2.18. The molecule has 0 aromatic heterocycles. The molecule has 0 saturated carbocycles. The fraction of sp³-hybridized carbons (Fsp3) is 0.364. The van der Waals surface area contributed by atoms with E-state index in [0.29, 0.717) is 18.5 Å². The Bertz CT molecular complexity index is 334. The molecule has 1 aliphatic rings. The van der Waals surface area contributed by atoms with Crippen LogP contribution >= 0.6 is 0 Å². The lowest BCUT2D eigenvalue weighted by atomic mass is 9.96. The summed E-state index contributed by atoms with van der Waals surface area (Å²) in [4.78, 5) is 4.04. The van der Waals surface area contributed by atoms with Crippen LogP contribution in [0.2, 0.25) is 0 Å². The topological polar surface area (TPSA) is 47.6 Å². The number of hydrogen-bond donors (Lipinski definition) is 1. The normalized spacial score (nSPS) is 22.6. The molecule has 0 amide bonds. The fourth-order valence-electron chi connectivity index (χ4n) is 1.64. The maximum absolute atomic E-state index is 5.47. The smallest absolute Gasteiger partial charge is 0.282 e. The van der Waals surface area contributed by atoms with Crippen molar-refractivity contribution in [3.05, 3.63) is 35.9 Å². The molecule has 2 rings (SSSR count). The van der Waals surface area contributed by atoms with Gasteiger partial charge in [-0.1, -0.05) is 37.3 Å². The zero-order valence-electron chi connectivity index (χ0n) is 8.18. The molecule has 1 heterocycles. The van der Waals surface area contributed by atoms with Gasteiger partial charge < -0.3 is 10.5 Å². The molecule has 0 radical (unpaired) electrons. The standard InChI is InChI=1S/C11H14N2O/c1-8(9-5-3-2-4-6-9)10-7-13-11(12)14-10/h2-6,8,10H,7H2,1H3,(H2,12,13). The zero-order chi connectivity index (χ0) is 9.97. The van der Waals surface area contributed by atoms with Crippen molar-refractivity contribution in [3.8, 4) is 0 Å². The number of nitrogens with two attached hydrogens (primary N) is 1. The first-order valence-corrected chi connectivity index (χ1v) is 4.79. The number of aliphatic imine (C=N–C) groups is 1. The van der Waals surface area contributed by atoms with Gasteiger partial charge in [0.2, 0.25) is 0 Å². The molecule has 1 aromatic rings. The average molecular weight is 190 g/mol. The fourth-order valence-corrected chi connectivity index (χ4v) is 1.64. The van der Waals surface area contributed by atoms with Crippen molar-refractivity contribution in [1.82, 2.24) is 0 Å². The van der Waals surface area contributed by atoms with E-state index < -0.39 is 0 Å². The van der Waals surface area contributed by atoms with Crippen LogP contribution in [-0.2, 0) is 4.74 Å². The molecule has 14 heavy (non-hydrogen) atoms. The molecule has 0 saturated heterocycles. The van der Waals surface area contributed by atoms with Crippen molar-refractivity contribution in [3.63, 3.8) is 0 Å². The number of amidine groups is 1. The third-order valence-corrected chi connectivity index (χ3v) is 2.58. The van der Waals surface area contributed by atoms with Gasteiger partial charge in [-0.15, -0.1) is 0 Å². The minimum absolute atomic E-state index is 0.0948. The van der Waals surface area contributed by atoms with Crippen LogP contribution in [0.1, 0.15) is 18.4 Å². The molecule has 2 unspecified atom stereocenters. The quantitative estimate of drug-likeness (QED) is 0.768. The van der Waals surface area contributed by atoms with Gasteiger partial charge >= 0.3 is 0 Å². The summed E-state index contributed by atoms with van der Waals surface area (Å²) in [6.07, 6.45) is 0.0948. The summed E-state index contributed by atoms with van der Waals surface area (Å²) in [6, 6.07) is 10.6. The predicted octanol–water partition coefficient (Wildman–Crippen LogP) is 1.50. The molecule has 0 aliphatic carbocycles. The van der Waals surface area contributed by atoms with E-state index in [1.807, 2.05) is 18.2 Å². The van der Waals surface area contributed by atoms with E-state index in [0.717, 1.165) is 0 Å². The van der Waals surface area contributed by atoms with E-state index in [-0.39, 0.29) is 6.10 Å². The minimum Gasteiger partial charge on any atom is -0.460 e. The maximum atomic E-state index is 5.47.